The van der Waals surface area contributed by atoms with Gasteiger partial charge < -0.3 is 0 Å². The molecule has 1 rings (SSSR count). The van der Waals surface area contributed by atoms with E-state index >= 15 is 0 Å². The van der Waals surface area contributed by atoms with Crippen molar-refractivity contribution in [3.05, 3.63) is 12.2 Å². The lowest BCUT2D eigenvalue weighted by Gasteiger charge is -2.28. The minimum absolute atomic E-state index is 0.845. The molecule has 1 saturated carbocycles. The maximum atomic E-state index is 4.08. The van der Waals surface area contributed by atoms with Gasteiger partial charge in [-0.05, 0) is 44.4 Å². The van der Waals surface area contributed by atoms with Crippen molar-refractivity contribution in [1.82, 2.24) is 0 Å². The third-order valence-corrected chi connectivity index (χ3v) is 3.76. The fourth-order valence-corrected chi connectivity index (χ4v) is 2.63. The largest absolute Gasteiger partial charge is 0.0999 e. The number of unbranched alkanes of at least 4 members (excludes halogenated alkanes) is 2. The van der Waals surface area contributed by atoms with Gasteiger partial charge >= 0.3 is 0 Å². The maximum Gasteiger partial charge on any atom is -0.0208 e. The van der Waals surface area contributed by atoms with Crippen LogP contribution < -0.4 is 0 Å². The number of allylic oxidation sites excluding steroid dienone is 1. The van der Waals surface area contributed by atoms with Gasteiger partial charge in [-0.1, -0.05) is 44.8 Å². The fraction of sp³-hybridized carbons (Fsp3) is 0.857. The third-order valence-electron chi connectivity index (χ3n) is 3.76. The zero-order chi connectivity index (χ0) is 10.4. The Bertz CT molecular complexity index is 161. The molecule has 0 amide bonds. The van der Waals surface area contributed by atoms with E-state index in [1.807, 2.05) is 0 Å². The molecular formula is C14H26. The number of hydrogen-bond donors (Lipinski definition) is 0. The van der Waals surface area contributed by atoms with Crippen LogP contribution in [-0.2, 0) is 0 Å². The molecule has 0 radical (unpaired) electrons. The molecule has 0 aromatic carbocycles. The zero-order valence-electron chi connectivity index (χ0n) is 10.0. The molecule has 14 heavy (non-hydrogen) atoms. The lowest BCUT2D eigenvalue weighted by Crippen LogP contribution is -2.14. The van der Waals surface area contributed by atoms with E-state index in [0.29, 0.717) is 0 Å². The van der Waals surface area contributed by atoms with Crippen molar-refractivity contribution >= 4 is 0 Å². The summed E-state index contributed by atoms with van der Waals surface area (Å²) in [5, 5.41) is 0. The van der Waals surface area contributed by atoms with Gasteiger partial charge in [0, 0.05) is 0 Å². The van der Waals surface area contributed by atoms with Crippen LogP contribution in [0.2, 0.25) is 0 Å². The van der Waals surface area contributed by atoms with E-state index in [-0.39, 0.29) is 0 Å². The van der Waals surface area contributed by atoms with Crippen LogP contribution in [0.1, 0.15) is 65.2 Å². The Morgan fingerprint density at radius 1 is 1.14 bits per heavy atom. The van der Waals surface area contributed by atoms with Crippen LogP contribution in [0.3, 0.4) is 0 Å². The van der Waals surface area contributed by atoms with Gasteiger partial charge in [-0.2, -0.15) is 0 Å². The molecule has 0 N–H and O–H groups in total. The minimum Gasteiger partial charge on any atom is -0.0999 e. The van der Waals surface area contributed by atoms with E-state index in [1.54, 1.807) is 0 Å². The van der Waals surface area contributed by atoms with Gasteiger partial charge in [0.2, 0.25) is 0 Å². The lowest BCUT2D eigenvalue weighted by atomic mass is 9.77. The Hall–Kier alpha value is -0.260. The van der Waals surface area contributed by atoms with E-state index in [0.717, 1.165) is 11.8 Å². The summed E-state index contributed by atoms with van der Waals surface area (Å²) in [5.74, 6) is 1.88. The molecular weight excluding hydrogens is 168 g/mol. The molecule has 0 saturated heterocycles. The summed E-state index contributed by atoms with van der Waals surface area (Å²) >= 11 is 0. The molecule has 82 valence electrons. The van der Waals surface area contributed by atoms with E-state index in [2.05, 4.69) is 20.4 Å². The Morgan fingerprint density at radius 3 is 2.29 bits per heavy atom. The van der Waals surface area contributed by atoms with Crippen molar-refractivity contribution in [2.45, 2.75) is 65.2 Å². The first-order chi connectivity index (χ1) is 6.74. The minimum atomic E-state index is 0.845. The summed E-state index contributed by atoms with van der Waals surface area (Å²) in [6.45, 7) is 8.57. The molecule has 0 atom stereocenters. The number of hydrogen-bond acceptors (Lipinski definition) is 0. The molecule has 0 heteroatoms. The normalized spacial score (nSPS) is 27.6. The highest BCUT2D eigenvalue weighted by Gasteiger charge is 2.20. The van der Waals surface area contributed by atoms with Crippen LogP contribution in [0.4, 0.5) is 0 Å². The van der Waals surface area contributed by atoms with Crippen LogP contribution in [0, 0.1) is 11.8 Å². The highest BCUT2D eigenvalue weighted by Crippen LogP contribution is 2.34. The van der Waals surface area contributed by atoms with Crippen LogP contribution >= 0.6 is 0 Å². The third kappa shape index (κ3) is 3.86. The van der Waals surface area contributed by atoms with E-state index < -0.39 is 0 Å². The average Bonchev–Trinajstić information content (AvgIpc) is 2.19. The molecule has 0 nitrogen and oxygen atoms in total. The van der Waals surface area contributed by atoms with Gasteiger partial charge in [-0.3, -0.25) is 0 Å². The predicted octanol–water partition coefficient (Wildman–Crippen LogP) is 4.95. The van der Waals surface area contributed by atoms with Gasteiger partial charge in [0.1, 0.15) is 0 Å². The first-order valence-corrected chi connectivity index (χ1v) is 6.39. The standard InChI is InChI=1S/C14H26/c1-4-5-6-7-13-8-10-14(11-9-13)12(2)3/h13-14H,2,4-11H2,1,3H3. The van der Waals surface area contributed by atoms with Crippen LogP contribution in [0.15, 0.2) is 12.2 Å². The average molecular weight is 194 g/mol. The second-order valence-electron chi connectivity index (χ2n) is 5.06. The molecule has 0 aromatic heterocycles. The van der Waals surface area contributed by atoms with Gasteiger partial charge in [-0.25, -0.2) is 0 Å². The first kappa shape index (κ1) is 11.8. The smallest absolute Gasteiger partial charge is 0.0208 e. The molecule has 0 spiro atoms. The summed E-state index contributed by atoms with van der Waals surface area (Å²) < 4.78 is 0. The van der Waals surface area contributed by atoms with Crippen molar-refractivity contribution in [2.24, 2.45) is 11.8 Å². The summed E-state index contributed by atoms with van der Waals surface area (Å²) in [4.78, 5) is 0. The Kier molecular flexibility index (Phi) is 5.29. The molecule has 0 aliphatic heterocycles. The summed E-state index contributed by atoms with van der Waals surface area (Å²) in [6, 6.07) is 0. The number of rotatable bonds is 5. The monoisotopic (exact) mass is 194 g/mol. The SMILES string of the molecule is C=C(C)C1CCC(CCCCC)CC1. The Balaban J connectivity index is 2.12. The van der Waals surface area contributed by atoms with Gasteiger partial charge in [0.15, 0.2) is 0 Å². The van der Waals surface area contributed by atoms with Gasteiger partial charge in [-0.15, -0.1) is 0 Å². The van der Waals surface area contributed by atoms with Crippen molar-refractivity contribution in [1.29, 1.82) is 0 Å². The molecule has 0 unspecified atom stereocenters. The molecule has 0 heterocycles. The quantitative estimate of drug-likeness (QED) is 0.429. The second kappa shape index (κ2) is 6.27. The molecule has 1 fully saturated rings. The highest BCUT2D eigenvalue weighted by atomic mass is 14.3. The summed E-state index contributed by atoms with van der Waals surface area (Å²) in [6.07, 6.45) is 11.5. The Morgan fingerprint density at radius 2 is 1.79 bits per heavy atom. The lowest BCUT2D eigenvalue weighted by molar-refractivity contribution is 0.282. The molecule has 0 bridgehead atoms. The van der Waals surface area contributed by atoms with Gasteiger partial charge in [0.25, 0.3) is 0 Å². The van der Waals surface area contributed by atoms with Crippen molar-refractivity contribution in [3.8, 4) is 0 Å². The van der Waals surface area contributed by atoms with Crippen LogP contribution in [-0.4, -0.2) is 0 Å². The first-order valence-electron chi connectivity index (χ1n) is 6.39. The fourth-order valence-electron chi connectivity index (χ4n) is 2.63. The van der Waals surface area contributed by atoms with E-state index in [4.69, 9.17) is 0 Å². The maximum absolute atomic E-state index is 4.08. The van der Waals surface area contributed by atoms with Crippen LogP contribution in [0.25, 0.3) is 0 Å². The summed E-state index contributed by atoms with van der Waals surface area (Å²) in [5.41, 5.74) is 1.41. The van der Waals surface area contributed by atoms with Gasteiger partial charge in [0.05, 0.1) is 0 Å². The van der Waals surface area contributed by atoms with Crippen LogP contribution in [0.5, 0.6) is 0 Å². The highest BCUT2D eigenvalue weighted by molar-refractivity contribution is 4.97. The summed E-state index contributed by atoms with van der Waals surface area (Å²) in [7, 11) is 0. The van der Waals surface area contributed by atoms with E-state index in [1.165, 1.54) is 56.9 Å². The van der Waals surface area contributed by atoms with Crippen molar-refractivity contribution in [2.75, 3.05) is 0 Å². The molecule has 1 aliphatic carbocycles. The van der Waals surface area contributed by atoms with Crippen molar-refractivity contribution < 1.29 is 0 Å². The molecule has 0 aromatic rings. The van der Waals surface area contributed by atoms with E-state index in [9.17, 15) is 0 Å². The molecule has 1 aliphatic rings. The van der Waals surface area contributed by atoms with Crippen molar-refractivity contribution in [3.63, 3.8) is 0 Å². The zero-order valence-corrected chi connectivity index (χ0v) is 10.0. The predicted molar refractivity (Wildman–Crippen MR) is 64.4 cm³/mol. The second-order valence-corrected chi connectivity index (χ2v) is 5.06. The topological polar surface area (TPSA) is 0 Å². The Labute approximate surface area is 89.8 Å².